The lowest BCUT2D eigenvalue weighted by atomic mass is 10.1. The fraction of sp³-hybridized carbons (Fsp3) is 0.133. The first kappa shape index (κ1) is 12.1. The molecule has 0 aliphatic rings. The molecule has 3 aromatic rings. The number of aromatic hydroxyl groups is 1. The van der Waals surface area contributed by atoms with E-state index in [0.717, 1.165) is 22.4 Å². The third-order valence-corrected chi connectivity index (χ3v) is 3.58. The minimum atomic E-state index is 0.292. The maximum atomic E-state index is 9.83. The first-order valence-electron chi connectivity index (χ1n) is 6.03. The van der Waals surface area contributed by atoms with Crippen LogP contribution in [-0.4, -0.2) is 14.7 Å². The Kier molecular flexibility index (Phi) is 2.91. The molecular formula is C15H13ClN2O. The van der Waals surface area contributed by atoms with Gasteiger partial charge in [-0.3, -0.25) is 0 Å². The molecule has 3 rings (SSSR count). The third kappa shape index (κ3) is 2.06. The standard InChI is InChI=1S/C15H13ClN2O/c1-18-14(9-10-5-2-3-8-13(10)19)17-12-7-4-6-11(16)15(12)18/h2-8,19H,9H2,1H3. The van der Waals surface area contributed by atoms with Gasteiger partial charge in [-0.15, -0.1) is 0 Å². The molecule has 0 unspecified atom stereocenters. The summed E-state index contributed by atoms with van der Waals surface area (Å²) in [7, 11) is 1.94. The minimum Gasteiger partial charge on any atom is -0.508 e. The largest absolute Gasteiger partial charge is 0.508 e. The summed E-state index contributed by atoms with van der Waals surface area (Å²) < 4.78 is 1.98. The Balaban J connectivity index is 2.10. The van der Waals surface area contributed by atoms with Gasteiger partial charge in [-0.05, 0) is 18.2 Å². The number of fused-ring (bicyclic) bond motifs is 1. The quantitative estimate of drug-likeness (QED) is 0.775. The second-order valence-corrected chi connectivity index (χ2v) is 4.91. The molecule has 19 heavy (non-hydrogen) atoms. The van der Waals surface area contributed by atoms with E-state index in [9.17, 15) is 5.11 Å². The highest BCUT2D eigenvalue weighted by Gasteiger charge is 2.12. The van der Waals surface area contributed by atoms with E-state index in [0.29, 0.717) is 17.2 Å². The third-order valence-electron chi connectivity index (χ3n) is 3.28. The normalized spacial score (nSPS) is 11.1. The van der Waals surface area contributed by atoms with Crippen LogP contribution in [0.4, 0.5) is 0 Å². The van der Waals surface area contributed by atoms with Gasteiger partial charge in [0.1, 0.15) is 11.6 Å². The maximum absolute atomic E-state index is 9.83. The van der Waals surface area contributed by atoms with Crippen molar-refractivity contribution in [2.75, 3.05) is 0 Å². The summed E-state index contributed by atoms with van der Waals surface area (Å²) in [5, 5.41) is 10.5. The van der Waals surface area contributed by atoms with Gasteiger partial charge >= 0.3 is 0 Å². The fourth-order valence-corrected chi connectivity index (χ4v) is 2.55. The van der Waals surface area contributed by atoms with Crippen molar-refractivity contribution < 1.29 is 5.11 Å². The van der Waals surface area contributed by atoms with Crippen LogP contribution in [0.15, 0.2) is 42.5 Å². The Morgan fingerprint density at radius 1 is 1.16 bits per heavy atom. The average Bonchev–Trinajstić information content (AvgIpc) is 2.71. The summed E-state index contributed by atoms with van der Waals surface area (Å²) in [6.45, 7) is 0. The number of benzene rings is 2. The molecule has 0 radical (unpaired) electrons. The Morgan fingerprint density at radius 2 is 1.95 bits per heavy atom. The number of phenolic OH excluding ortho intramolecular Hbond substituents is 1. The monoisotopic (exact) mass is 272 g/mol. The van der Waals surface area contributed by atoms with Crippen molar-refractivity contribution in [1.29, 1.82) is 0 Å². The molecule has 3 nitrogen and oxygen atoms in total. The van der Waals surface area contributed by atoms with Gasteiger partial charge in [0.25, 0.3) is 0 Å². The van der Waals surface area contributed by atoms with Gasteiger partial charge in [-0.25, -0.2) is 4.98 Å². The molecule has 1 aromatic heterocycles. The number of hydrogen-bond acceptors (Lipinski definition) is 2. The molecular weight excluding hydrogens is 260 g/mol. The number of hydrogen-bond donors (Lipinski definition) is 1. The van der Waals surface area contributed by atoms with E-state index in [4.69, 9.17) is 11.6 Å². The summed E-state index contributed by atoms with van der Waals surface area (Å²) in [4.78, 5) is 4.58. The molecule has 0 spiro atoms. The van der Waals surface area contributed by atoms with Gasteiger partial charge < -0.3 is 9.67 Å². The molecule has 1 N–H and O–H groups in total. The summed E-state index contributed by atoms with van der Waals surface area (Å²) in [6, 6.07) is 13.0. The Labute approximate surface area is 116 Å². The van der Waals surface area contributed by atoms with Crippen molar-refractivity contribution in [2.45, 2.75) is 6.42 Å². The Morgan fingerprint density at radius 3 is 2.68 bits per heavy atom. The second kappa shape index (κ2) is 4.59. The summed E-state index contributed by atoms with van der Waals surface area (Å²) in [6.07, 6.45) is 0.578. The lowest BCUT2D eigenvalue weighted by Gasteiger charge is -2.05. The maximum Gasteiger partial charge on any atom is 0.119 e. The van der Waals surface area contributed by atoms with Gasteiger partial charge in [0.2, 0.25) is 0 Å². The van der Waals surface area contributed by atoms with E-state index in [1.165, 1.54) is 0 Å². The predicted octanol–water partition coefficient (Wildman–Crippen LogP) is 3.52. The van der Waals surface area contributed by atoms with Gasteiger partial charge in [0.15, 0.2) is 0 Å². The molecule has 1 heterocycles. The zero-order chi connectivity index (χ0) is 13.4. The minimum absolute atomic E-state index is 0.292. The lowest BCUT2D eigenvalue weighted by Crippen LogP contribution is -1.99. The number of aryl methyl sites for hydroxylation is 1. The van der Waals surface area contributed by atoms with Crippen molar-refractivity contribution in [3.05, 3.63) is 58.9 Å². The van der Waals surface area contributed by atoms with Gasteiger partial charge in [-0.2, -0.15) is 0 Å². The Hall–Kier alpha value is -2.00. The summed E-state index contributed by atoms with van der Waals surface area (Å²) in [5.41, 5.74) is 2.66. The number of phenols is 1. The SMILES string of the molecule is Cn1c(Cc2ccccc2O)nc2cccc(Cl)c21. The van der Waals surface area contributed by atoms with Crippen LogP contribution in [-0.2, 0) is 13.5 Å². The number of rotatable bonds is 2. The molecule has 0 saturated carbocycles. The van der Waals surface area contributed by atoms with Gasteiger partial charge in [0, 0.05) is 19.0 Å². The topological polar surface area (TPSA) is 38.0 Å². The first-order chi connectivity index (χ1) is 9.16. The molecule has 0 amide bonds. The van der Waals surface area contributed by atoms with E-state index in [1.807, 2.05) is 48.0 Å². The molecule has 2 aromatic carbocycles. The van der Waals surface area contributed by atoms with Crippen molar-refractivity contribution in [2.24, 2.45) is 7.05 Å². The van der Waals surface area contributed by atoms with Crippen LogP contribution in [0.2, 0.25) is 5.02 Å². The van der Waals surface area contributed by atoms with Crippen LogP contribution < -0.4 is 0 Å². The average molecular weight is 273 g/mol. The molecule has 0 atom stereocenters. The van der Waals surface area contributed by atoms with E-state index >= 15 is 0 Å². The molecule has 0 aliphatic heterocycles. The summed E-state index contributed by atoms with van der Waals surface area (Å²) >= 11 is 6.20. The van der Waals surface area contributed by atoms with Gasteiger partial charge in [0.05, 0.1) is 16.1 Å². The number of para-hydroxylation sites is 2. The van der Waals surface area contributed by atoms with Gasteiger partial charge in [-0.1, -0.05) is 35.9 Å². The lowest BCUT2D eigenvalue weighted by molar-refractivity contribution is 0.469. The van der Waals surface area contributed by atoms with Crippen LogP contribution in [0.5, 0.6) is 5.75 Å². The zero-order valence-corrected chi connectivity index (χ0v) is 11.2. The highest BCUT2D eigenvalue weighted by Crippen LogP contribution is 2.26. The van der Waals surface area contributed by atoms with Crippen molar-refractivity contribution in [3.8, 4) is 5.75 Å². The second-order valence-electron chi connectivity index (χ2n) is 4.50. The fourth-order valence-electron chi connectivity index (χ4n) is 2.26. The van der Waals surface area contributed by atoms with Crippen LogP contribution in [0.25, 0.3) is 11.0 Å². The van der Waals surface area contributed by atoms with E-state index in [2.05, 4.69) is 4.98 Å². The predicted molar refractivity (Wildman–Crippen MR) is 76.6 cm³/mol. The highest BCUT2D eigenvalue weighted by atomic mass is 35.5. The van der Waals surface area contributed by atoms with E-state index < -0.39 is 0 Å². The number of halogens is 1. The van der Waals surface area contributed by atoms with Crippen LogP contribution in [0.1, 0.15) is 11.4 Å². The zero-order valence-electron chi connectivity index (χ0n) is 10.5. The first-order valence-corrected chi connectivity index (χ1v) is 6.41. The van der Waals surface area contributed by atoms with Crippen molar-refractivity contribution >= 4 is 22.6 Å². The van der Waals surface area contributed by atoms with Crippen LogP contribution in [0.3, 0.4) is 0 Å². The molecule has 96 valence electrons. The highest BCUT2D eigenvalue weighted by molar-refractivity contribution is 6.35. The smallest absolute Gasteiger partial charge is 0.119 e. The molecule has 0 fully saturated rings. The van der Waals surface area contributed by atoms with Crippen molar-refractivity contribution in [3.63, 3.8) is 0 Å². The number of nitrogens with zero attached hydrogens (tertiary/aromatic N) is 2. The van der Waals surface area contributed by atoms with E-state index in [-0.39, 0.29) is 0 Å². The van der Waals surface area contributed by atoms with Crippen LogP contribution >= 0.6 is 11.6 Å². The van der Waals surface area contributed by atoms with E-state index in [1.54, 1.807) is 6.07 Å². The molecule has 0 saturated heterocycles. The number of aromatic nitrogens is 2. The Bertz CT molecular complexity index is 749. The van der Waals surface area contributed by atoms with Crippen LogP contribution in [0, 0.1) is 0 Å². The molecule has 0 aliphatic carbocycles. The molecule has 4 heteroatoms. The van der Waals surface area contributed by atoms with Crippen molar-refractivity contribution in [1.82, 2.24) is 9.55 Å². The summed E-state index contributed by atoms with van der Waals surface area (Å²) in [5.74, 6) is 1.17. The molecule has 0 bridgehead atoms. The number of imidazole rings is 1.